The second-order valence-corrected chi connectivity index (χ2v) is 10.0. The molecule has 2 aromatic rings. The van der Waals surface area contributed by atoms with Crippen LogP contribution in [0.3, 0.4) is 0 Å². The minimum atomic E-state index is -3.91. The normalized spacial score (nSPS) is 17.7. The average Bonchev–Trinajstić information content (AvgIpc) is 3.35. The molecule has 2 aliphatic rings. The van der Waals surface area contributed by atoms with E-state index in [2.05, 4.69) is 4.72 Å². The number of carbonyl (C=O) groups excluding carboxylic acids is 1. The molecule has 0 aliphatic carbocycles. The number of halogens is 1. The molecule has 2 aromatic carbocycles. The van der Waals surface area contributed by atoms with Crippen molar-refractivity contribution in [2.75, 3.05) is 32.9 Å². The van der Waals surface area contributed by atoms with Gasteiger partial charge in [0.15, 0.2) is 11.5 Å². The summed E-state index contributed by atoms with van der Waals surface area (Å²) in [4.78, 5) is 14.8. The van der Waals surface area contributed by atoms with E-state index in [1.54, 1.807) is 4.90 Å². The van der Waals surface area contributed by atoms with Crippen LogP contribution in [-0.2, 0) is 21.3 Å². The van der Waals surface area contributed by atoms with Crippen molar-refractivity contribution < 1.29 is 27.4 Å². The molecule has 0 aromatic heterocycles. The fourth-order valence-electron chi connectivity index (χ4n) is 3.90. The van der Waals surface area contributed by atoms with Crippen LogP contribution in [0.5, 0.6) is 11.5 Å². The number of sulfonamides is 1. The van der Waals surface area contributed by atoms with Gasteiger partial charge in [0.2, 0.25) is 10.0 Å². The molecule has 0 spiro atoms. The van der Waals surface area contributed by atoms with Crippen LogP contribution in [0.2, 0.25) is 5.02 Å². The molecule has 1 fully saturated rings. The van der Waals surface area contributed by atoms with Crippen molar-refractivity contribution in [3.63, 3.8) is 0 Å². The van der Waals surface area contributed by atoms with Crippen molar-refractivity contribution in [2.24, 2.45) is 0 Å². The average molecular weight is 495 g/mol. The van der Waals surface area contributed by atoms with Crippen LogP contribution >= 0.6 is 11.6 Å². The summed E-state index contributed by atoms with van der Waals surface area (Å²) in [7, 11) is -3.91. The number of benzene rings is 2. The lowest BCUT2D eigenvalue weighted by Crippen LogP contribution is -2.33. The molecule has 2 heterocycles. The molecule has 33 heavy (non-hydrogen) atoms. The zero-order valence-electron chi connectivity index (χ0n) is 18.4. The van der Waals surface area contributed by atoms with E-state index < -0.39 is 10.0 Å². The van der Waals surface area contributed by atoms with E-state index in [1.807, 2.05) is 25.1 Å². The maximum atomic E-state index is 13.3. The molecular formula is C23H27ClN2O6S. The third-order valence-electron chi connectivity index (χ3n) is 5.67. The summed E-state index contributed by atoms with van der Waals surface area (Å²) in [5.74, 6) is 0.978. The highest BCUT2D eigenvalue weighted by atomic mass is 35.5. The maximum absolute atomic E-state index is 13.3. The topological polar surface area (TPSA) is 94.2 Å². The number of para-hydroxylation sites is 1. The summed E-state index contributed by atoms with van der Waals surface area (Å²) in [5, 5.41) is 0.0529. The second-order valence-electron chi connectivity index (χ2n) is 7.89. The van der Waals surface area contributed by atoms with Crippen molar-refractivity contribution >= 4 is 27.5 Å². The van der Waals surface area contributed by atoms with E-state index >= 15 is 0 Å². The Bertz CT molecular complexity index is 1120. The molecule has 2 aliphatic heterocycles. The first-order valence-electron chi connectivity index (χ1n) is 11.0. The number of hydrogen-bond donors (Lipinski definition) is 1. The Balaban J connectivity index is 1.53. The molecule has 1 unspecified atom stereocenters. The molecule has 1 amide bonds. The first-order chi connectivity index (χ1) is 15.9. The summed E-state index contributed by atoms with van der Waals surface area (Å²) in [6.07, 6.45) is 1.56. The van der Waals surface area contributed by atoms with E-state index in [1.165, 1.54) is 18.2 Å². The molecule has 4 rings (SSSR count). The molecule has 1 N–H and O–H groups in total. The van der Waals surface area contributed by atoms with E-state index in [4.69, 9.17) is 25.8 Å². The number of ether oxygens (including phenoxy) is 3. The molecule has 1 atom stereocenters. The highest BCUT2D eigenvalue weighted by Gasteiger charge is 2.25. The van der Waals surface area contributed by atoms with Gasteiger partial charge in [0, 0.05) is 37.4 Å². The molecule has 8 nitrogen and oxygen atoms in total. The largest absolute Gasteiger partial charge is 0.486 e. The van der Waals surface area contributed by atoms with E-state index in [0.29, 0.717) is 44.4 Å². The number of amides is 1. The molecule has 0 radical (unpaired) electrons. The molecule has 1 saturated heterocycles. The fraction of sp³-hybridized carbons (Fsp3) is 0.435. The van der Waals surface area contributed by atoms with Crippen molar-refractivity contribution in [1.29, 1.82) is 0 Å². The smallest absolute Gasteiger partial charge is 0.254 e. The molecule has 0 saturated carbocycles. The monoisotopic (exact) mass is 494 g/mol. The Morgan fingerprint density at radius 2 is 2.00 bits per heavy atom. The van der Waals surface area contributed by atoms with Gasteiger partial charge in [-0.2, -0.15) is 0 Å². The van der Waals surface area contributed by atoms with E-state index in [0.717, 1.165) is 18.4 Å². The lowest BCUT2D eigenvalue weighted by Gasteiger charge is -2.25. The van der Waals surface area contributed by atoms with Gasteiger partial charge < -0.3 is 19.1 Å². The number of fused-ring (bicyclic) bond motifs is 1. The van der Waals surface area contributed by atoms with Gasteiger partial charge in [0.05, 0.1) is 11.1 Å². The first kappa shape index (κ1) is 23.8. The number of rotatable bonds is 8. The lowest BCUT2D eigenvalue weighted by molar-refractivity contribution is 0.0749. The Kier molecular flexibility index (Phi) is 7.43. The van der Waals surface area contributed by atoms with Crippen LogP contribution in [0.25, 0.3) is 0 Å². The predicted molar refractivity (Wildman–Crippen MR) is 123 cm³/mol. The number of nitrogens with one attached hydrogen (secondary N) is 1. The second kappa shape index (κ2) is 10.3. The minimum absolute atomic E-state index is 0.0529. The van der Waals surface area contributed by atoms with Gasteiger partial charge in [-0.25, -0.2) is 13.1 Å². The molecule has 178 valence electrons. The van der Waals surface area contributed by atoms with E-state index in [-0.39, 0.29) is 34.0 Å². The van der Waals surface area contributed by atoms with Crippen LogP contribution in [0, 0.1) is 0 Å². The molecule has 0 bridgehead atoms. The van der Waals surface area contributed by atoms with Crippen molar-refractivity contribution in [3.8, 4) is 11.5 Å². The third-order valence-corrected chi connectivity index (χ3v) is 7.58. The van der Waals surface area contributed by atoms with Crippen LogP contribution in [-0.4, -0.2) is 58.2 Å². The highest BCUT2D eigenvalue weighted by Crippen LogP contribution is 2.34. The zero-order chi connectivity index (χ0) is 23.4. The Hall–Kier alpha value is -2.33. The first-order valence-corrected chi connectivity index (χ1v) is 12.8. The third kappa shape index (κ3) is 5.43. The zero-order valence-corrected chi connectivity index (χ0v) is 20.0. The summed E-state index contributed by atoms with van der Waals surface area (Å²) in [5.41, 5.74) is 1.06. The lowest BCUT2D eigenvalue weighted by atomic mass is 10.1. The Morgan fingerprint density at radius 3 is 2.76 bits per heavy atom. The summed E-state index contributed by atoms with van der Waals surface area (Å²) in [6.45, 7) is 4.30. The predicted octanol–water partition coefficient (Wildman–Crippen LogP) is 3.23. The summed E-state index contributed by atoms with van der Waals surface area (Å²) < 4.78 is 45.1. The van der Waals surface area contributed by atoms with Crippen LogP contribution in [0.1, 0.15) is 35.7 Å². The Labute approximate surface area is 198 Å². The SMILES string of the molecule is CCN(Cc1cccc2c1OCCO2)C(=O)c1ccc(Cl)c(S(=O)(=O)NCC2CCCO2)c1. The summed E-state index contributed by atoms with van der Waals surface area (Å²) >= 11 is 6.20. The highest BCUT2D eigenvalue weighted by molar-refractivity contribution is 7.89. The van der Waals surface area contributed by atoms with Gasteiger partial charge in [-0.05, 0) is 44.0 Å². The number of hydrogen-bond acceptors (Lipinski definition) is 6. The number of nitrogens with zero attached hydrogens (tertiary/aromatic N) is 1. The van der Waals surface area contributed by atoms with Crippen molar-refractivity contribution in [1.82, 2.24) is 9.62 Å². The van der Waals surface area contributed by atoms with Crippen LogP contribution < -0.4 is 14.2 Å². The van der Waals surface area contributed by atoms with Gasteiger partial charge >= 0.3 is 0 Å². The van der Waals surface area contributed by atoms with Gasteiger partial charge in [-0.1, -0.05) is 23.7 Å². The van der Waals surface area contributed by atoms with Crippen LogP contribution in [0.4, 0.5) is 0 Å². The minimum Gasteiger partial charge on any atom is -0.486 e. The summed E-state index contributed by atoms with van der Waals surface area (Å²) in [6, 6.07) is 9.86. The van der Waals surface area contributed by atoms with Crippen molar-refractivity contribution in [2.45, 2.75) is 37.3 Å². The quantitative estimate of drug-likeness (QED) is 0.605. The molecule has 10 heteroatoms. The van der Waals surface area contributed by atoms with Gasteiger partial charge in [-0.15, -0.1) is 0 Å². The van der Waals surface area contributed by atoms with Crippen molar-refractivity contribution in [3.05, 3.63) is 52.5 Å². The van der Waals surface area contributed by atoms with Gasteiger partial charge in [0.25, 0.3) is 5.91 Å². The number of carbonyl (C=O) groups is 1. The fourth-order valence-corrected chi connectivity index (χ4v) is 5.49. The maximum Gasteiger partial charge on any atom is 0.254 e. The Morgan fingerprint density at radius 1 is 1.18 bits per heavy atom. The van der Waals surface area contributed by atoms with Gasteiger partial charge in [0.1, 0.15) is 18.1 Å². The van der Waals surface area contributed by atoms with E-state index in [9.17, 15) is 13.2 Å². The molecular weight excluding hydrogens is 468 g/mol. The standard InChI is InChI=1S/C23H27ClN2O6S/c1-2-26(15-17-5-3-7-20-22(17)32-12-11-31-20)23(27)16-8-9-19(24)21(13-16)33(28,29)25-14-18-6-4-10-30-18/h3,5,7-9,13,18,25H,2,4,6,10-12,14-15H2,1H3. The van der Waals surface area contributed by atoms with Crippen LogP contribution in [0.15, 0.2) is 41.3 Å². The van der Waals surface area contributed by atoms with Gasteiger partial charge in [-0.3, -0.25) is 4.79 Å².